The van der Waals surface area contributed by atoms with Crippen LogP contribution in [0.5, 0.6) is 0 Å². The number of nitrogens with zero attached hydrogens (tertiary/aromatic N) is 1. The molecule has 0 heterocycles. The number of hydrogen-bond donors (Lipinski definition) is 3. The highest BCUT2D eigenvalue weighted by atomic mass is 32.2. The molecule has 0 radical (unpaired) electrons. The molecule has 4 fully saturated rings. The van der Waals surface area contributed by atoms with Crippen molar-refractivity contribution in [1.29, 1.82) is 0 Å². The first-order valence-corrected chi connectivity index (χ1v) is 24.0. The second-order valence-electron chi connectivity index (χ2n) is 18.5. The Kier molecular flexibility index (Phi) is 21.5. The summed E-state index contributed by atoms with van der Waals surface area (Å²) in [6, 6.07) is 0. The number of nitrogens with two attached hydrogens (primary N) is 3. The summed E-state index contributed by atoms with van der Waals surface area (Å²) < 4.78 is 25.8. The second kappa shape index (κ2) is 24.8. The maximum Gasteiger partial charge on any atom is 0.0637 e. The van der Waals surface area contributed by atoms with Gasteiger partial charge in [-0.1, -0.05) is 59.8 Å². The van der Waals surface area contributed by atoms with E-state index in [1.54, 1.807) is 19.2 Å². The first-order chi connectivity index (χ1) is 26.3. The Morgan fingerprint density at radius 3 is 2.11 bits per heavy atom. The van der Waals surface area contributed by atoms with Gasteiger partial charge in [-0.05, 0) is 182 Å². The lowest BCUT2D eigenvalue weighted by atomic mass is 9.43. The van der Waals surface area contributed by atoms with E-state index in [1.807, 2.05) is 0 Å². The van der Waals surface area contributed by atoms with Crippen molar-refractivity contribution in [3.8, 4) is 0 Å². The lowest BCUT2D eigenvalue weighted by Crippen LogP contribution is -2.63. The highest BCUT2D eigenvalue weighted by molar-refractivity contribution is 7.94. The van der Waals surface area contributed by atoms with Gasteiger partial charge in [0, 0.05) is 31.0 Å². The Balaban J connectivity index is 1.48. The summed E-state index contributed by atoms with van der Waals surface area (Å²) in [5.41, 5.74) is 18.3. The molecule has 3 unspecified atom stereocenters. The van der Waals surface area contributed by atoms with Crippen LogP contribution in [0.1, 0.15) is 150 Å². The SMILES string of the molecule is CCCCCCCCN(CCCSOC)CCC[C@@H](C)[C@H]1CC[C@H]2C3[C@H](OCCCN)CC4C[C@H](OCCCN)CCC4(C)[C@H]3C[C@H](OCCCN)[C@]12C. The van der Waals surface area contributed by atoms with E-state index in [1.165, 1.54) is 116 Å². The van der Waals surface area contributed by atoms with Crippen molar-refractivity contribution in [2.45, 2.75) is 168 Å². The van der Waals surface area contributed by atoms with Gasteiger partial charge in [0.25, 0.3) is 0 Å². The molecule has 6 N–H and O–H groups in total. The summed E-state index contributed by atoms with van der Waals surface area (Å²) in [4.78, 5) is 2.77. The number of ether oxygens (including phenoxy) is 3. The third-order valence-corrected chi connectivity index (χ3v) is 16.0. The molecule has 54 heavy (non-hydrogen) atoms. The molecule has 9 heteroatoms. The summed E-state index contributed by atoms with van der Waals surface area (Å²) in [5, 5.41) is 0. The van der Waals surface area contributed by atoms with E-state index in [0.717, 1.165) is 51.3 Å². The molecule has 0 saturated heterocycles. The van der Waals surface area contributed by atoms with Gasteiger partial charge in [-0.15, -0.1) is 0 Å². The van der Waals surface area contributed by atoms with Gasteiger partial charge >= 0.3 is 0 Å². The average Bonchev–Trinajstić information content (AvgIpc) is 3.53. The van der Waals surface area contributed by atoms with Crippen LogP contribution in [0.15, 0.2) is 0 Å². The van der Waals surface area contributed by atoms with E-state index in [0.29, 0.717) is 72.8 Å². The molecule has 0 bridgehead atoms. The van der Waals surface area contributed by atoms with Crippen molar-refractivity contribution < 1.29 is 18.4 Å². The number of fused-ring (bicyclic) bond motifs is 5. The molecule has 0 spiro atoms. The molecule has 0 aromatic heterocycles. The van der Waals surface area contributed by atoms with Gasteiger partial charge in [0.05, 0.1) is 25.4 Å². The van der Waals surface area contributed by atoms with Crippen LogP contribution in [0.25, 0.3) is 0 Å². The van der Waals surface area contributed by atoms with Gasteiger partial charge in [-0.2, -0.15) is 0 Å². The largest absolute Gasteiger partial charge is 0.378 e. The van der Waals surface area contributed by atoms with Gasteiger partial charge in [-0.25, -0.2) is 0 Å². The fourth-order valence-electron chi connectivity index (χ4n) is 12.3. The Hall–Kier alpha value is 0.0300. The summed E-state index contributed by atoms with van der Waals surface area (Å²) in [5.74, 6) is 4.90. The van der Waals surface area contributed by atoms with Crippen LogP contribution in [-0.2, 0) is 18.4 Å². The molecule has 0 aromatic carbocycles. The van der Waals surface area contributed by atoms with E-state index in [-0.39, 0.29) is 11.5 Å². The molecular formula is C45H88N4O4S. The van der Waals surface area contributed by atoms with Crippen molar-refractivity contribution in [2.75, 3.05) is 72.0 Å². The van der Waals surface area contributed by atoms with Gasteiger partial charge in [0.1, 0.15) is 0 Å². The van der Waals surface area contributed by atoms with Crippen LogP contribution in [-0.4, -0.2) is 95.2 Å². The van der Waals surface area contributed by atoms with Crippen LogP contribution in [0.2, 0.25) is 0 Å². The Morgan fingerprint density at radius 2 is 1.39 bits per heavy atom. The van der Waals surface area contributed by atoms with E-state index in [4.69, 9.17) is 35.6 Å². The number of hydrogen-bond acceptors (Lipinski definition) is 9. The zero-order valence-corrected chi connectivity index (χ0v) is 36.7. The monoisotopic (exact) mass is 781 g/mol. The zero-order valence-electron chi connectivity index (χ0n) is 35.9. The number of unbranched alkanes of at least 4 members (excludes halogenated alkanes) is 5. The molecule has 11 atom stereocenters. The van der Waals surface area contributed by atoms with Crippen molar-refractivity contribution >= 4 is 12.0 Å². The Labute approximate surface area is 337 Å². The second-order valence-corrected chi connectivity index (χ2v) is 19.5. The van der Waals surface area contributed by atoms with Crippen LogP contribution < -0.4 is 17.2 Å². The molecule has 8 nitrogen and oxygen atoms in total. The van der Waals surface area contributed by atoms with E-state index < -0.39 is 0 Å². The molecule has 4 aliphatic rings. The smallest absolute Gasteiger partial charge is 0.0637 e. The number of rotatable bonds is 29. The lowest BCUT2D eigenvalue weighted by molar-refractivity contribution is -0.227. The highest BCUT2D eigenvalue weighted by Crippen LogP contribution is 2.69. The first-order valence-electron chi connectivity index (χ1n) is 23.1. The molecule has 4 saturated carbocycles. The molecule has 0 amide bonds. The fourth-order valence-corrected chi connectivity index (χ4v) is 12.7. The molecular weight excluding hydrogens is 693 g/mol. The van der Waals surface area contributed by atoms with Gasteiger partial charge in [0.2, 0.25) is 0 Å². The third-order valence-electron chi connectivity index (χ3n) is 15.3. The minimum atomic E-state index is 0.159. The normalized spacial score (nSPS) is 34.2. The topological polar surface area (TPSA) is 118 Å². The Bertz CT molecular complexity index is 997. The molecule has 4 rings (SSSR count). The van der Waals surface area contributed by atoms with Crippen molar-refractivity contribution in [2.24, 2.45) is 63.5 Å². The Morgan fingerprint density at radius 1 is 0.722 bits per heavy atom. The predicted molar refractivity (Wildman–Crippen MR) is 229 cm³/mol. The van der Waals surface area contributed by atoms with Crippen LogP contribution in [0.3, 0.4) is 0 Å². The van der Waals surface area contributed by atoms with Gasteiger partial charge in [0.15, 0.2) is 0 Å². The van der Waals surface area contributed by atoms with Crippen molar-refractivity contribution in [3.63, 3.8) is 0 Å². The quantitative estimate of drug-likeness (QED) is 0.0506. The first kappa shape index (κ1) is 46.7. The van der Waals surface area contributed by atoms with Gasteiger partial charge < -0.3 is 40.5 Å². The minimum absolute atomic E-state index is 0.159. The summed E-state index contributed by atoms with van der Waals surface area (Å²) in [6.07, 6.45) is 24.3. The fraction of sp³-hybridized carbons (Fsp3) is 1.00. The molecule has 0 aliphatic heterocycles. The summed E-state index contributed by atoms with van der Waals surface area (Å²) >= 11 is 1.60. The van der Waals surface area contributed by atoms with Crippen LogP contribution in [0.4, 0.5) is 0 Å². The summed E-state index contributed by atoms with van der Waals surface area (Å²) in [6.45, 7) is 18.3. The summed E-state index contributed by atoms with van der Waals surface area (Å²) in [7, 11) is 1.79. The van der Waals surface area contributed by atoms with Gasteiger partial charge in [-0.3, -0.25) is 0 Å². The highest BCUT2D eigenvalue weighted by Gasteiger charge is 2.66. The predicted octanol–water partition coefficient (Wildman–Crippen LogP) is 8.83. The molecule has 318 valence electrons. The lowest BCUT2D eigenvalue weighted by Gasteiger charge is -2.65. The standard InChI is InChI=1S/C45H88N4O4S/c1-6-7-8-9-10-11-25-49(27-16-31-54-50-5)26-12-17-35(2)38-18-19-39-43-40(34-42(45(38,39)4)53-30-15-24-48)44(3)21-20-37(51-28-13-22-46)32-36(44)33-41(43)52-29-14-23-47/h35-43H,6-34,46-48H2,1-5H3/t35-,36?,37-,38-,39+,40+,41-,42+,43?,44?,45-/m1/s1. The zero-order chi connectivity index (χ0) is 38.8. The van der Waals surface area contributed by atoms with E-state index >= 15 is 0 Å². The van der Waals surface area contributed by atoms with Crippen LogP contribution >= 0.6 is 12.0 Å². The third kappa shape index (κ3) is 12.5. The van der Waals surface area contributed by atoms with E-state index in [9.17, 15) is 0 Å². The van der Waals surface area contributed by atoms with E-state index in [2.05, 4.69) is 32.6 Å². The van der Waals surface area contributed by atoms with Crippen molar-refractivity contribution in [1.82, 2.24) is 4.90 Å². The van der Waals surface area contributed by atoms with Crippen LogP contribution in [0, 0.1) is 46.3 Å². The maximum absolute atomic E-state index is 7.11. The molecule has 4 aliphatic carbocycles. The molecule has 0 aromatic rings. The average molecular weight is 781 g/mol. The minimum Gasteiger partial charge on any atom is -0.378 e. The maximum atomic E-state index is 7.11. The van der Waals surface area contributed by atoms with Crippen molar-refractivity contribution in [3.05, 3.63) is 0 Å².